The number of aromatic nitrogens is 4. The van der Waals surface area contributed by atoms with E-state index < -0.39 is 0 Å². The largest absolute Gasteiger partial charge is 0.525 e. The number of likely N-dealkylation sites (tertiary alicyclic amines) is 2. The molecule has 0 atom stereocenters. The van der Waals surface area contributed by atoms with Gasteiger partial charge in [0.15, 0.2) is 0 Å². The molecule has 8 aromatic rings. The van der Waals surface area contributed by atoms with E-state index in [4.69, 9.17) is 43.7 Å². The number of anilines is 2. The van der Waals surface area contributed by atoms with Crippen LogP contribution in [0.15, 0.2) is 146 Å². The molecule has 16 heteroatoms. The average Bonchev–Trinajstić information content (AvgIpc) is 4.06. The number of fused-ring (bicyclic) bond motifs is 2. The van der Waals surface area contributed by atoms with Crippen LogP contribution >= 0.6 is 34.8 Å². The van der Waals surface area contributed by atoms with E-state index in [1.165, 1.54) is 54.6 Å². The number of hydrogen-bond donors (Lipinski definition) is 2. The van der Waals surface area contributed by atoms with E-state index in [0.717, 1.165) is 139 Å². The van der Waals surface area contributed by atoms with E-state index >= 15 is 0 Å². The molecule has 0 spiro atoms. The first kappa shape index (κ1) is 65.0. The molecule has 2 radical (unpaired) electrons. The SMILES string of the molecule is CCN(CC)CC.Nc1cccc(C2CCN(CCCn3c(-c4ccc(Cl)cc4)nc4ccccc43)CC2)c1.O=[C-]Cl.O=[C-]Nc1cccc(C2CCN(CCCn3c(-c4ccc(Cl)cc4)nc4ccccc43)CC2)c1.[Y].[Y]. The van der Waals surface area contributed by atoms with Gasteiger partial charge in [-0.25, -0.2) is 9.97 Å². The molecule has 11 nitrogen and oxygen atoms in total. The Morgan fingerprint density at radius 1 is 0.564 bits per heavy atom. The van der Waals surface area contributed by atoms with Gasteiger partial charge in [0, 0.05) is 105 Å². The monoisotopic (exact) mass is 1260 g/mol. The minimum absolute atomic E-state index is 0. The number of imidazole rings is 2. The van der Waals surface area contributed by atoms with Crippen molar-refractivity contribution in [2.75, 3.05) is 70.0 Å². The van der Waals surface area contributed by atoms with Gasteiger partial charge in [-0.2, -0.15) is 5.75 Å². The first-order chi connectivity index (χ1) is 37.1. The van der Waals surface area contributed by atoms with Crippen LogP contribution in [0.1, 0.15) is 82.3 Å². The molecule has 3 N–H and O–H groups in total. The predicted molar refractivity (Wildman–Crippen MR) is 318 cm³/mol. The number of amides is 1. The maximum absolute atomic E-state index is 10.6. The summed E-state index contributed by atoms with van der Waals surface area (Å²) in [6.07, 6.45) is 8.61. The number of nitrogens with zero attached hydrogens (tertiary/aromatic N) is 7. The summed E-state index contributed by atoms with van der Waals surface area (Å²) in [5, 5.41) is 4.12. The number of aryl methyl sites for hydroxylation is 2. The van der Waals surface area contributed by atoms with Crippen molar-refractivity contribution in [3.05, 3.63) is 167 Å². The molecule has 10 rings (SSSR count). The topological polar surface area (TPSA) is 118 Å². The van der Waals surface area contributed by atoms with Crippen LogP contribution < -0.4 is 11.1 Å². The second kappa shape index (κ2) is 34.4. The van der Waals surface area contributed by atoms with Crippen LogP contribution in [0, 0.1) is 0 Å². The van der Waals surface area contributed by atoms with Gasteiger partial charge in [-0.05, 0) is 200 Å². The van der Waals surface area contributed by atoms with Crippen molar-refractivity contribution in [2.45, 2.75) is 84.2 Å². The van der Waals surface area contributed by atoms with Gasteiger partial charge in [-0.3, -0.25) is 0 Å². The van der Waals surface area contributed by atoms with Gasteiger partial charge in [0.05, 0.1) is 28.5 Å². The van der Waals surface area contributed by atoms with Crippen molar-refractivity contribution in [2.24, 2.45) is 0 Å². The van der Waals surface area contributed by atoms with Crippen molar-refractivity contribution in [1.82, 2.24) is 33.8 Å². The molecule has 4 heterocycles. The van der Waals surface area contributed by atoms with Gasteiger partial charge < -0.3 is 56.1 Å². The van der Waals surface area contributed by atoms with Gasteiger partial charge in [0.2, 0.25) is 0 Å². The minimum atomic E-state index is 0. The molecule has 2 fully saturated rings. The summed E-state index contributed by atoms with van der Waals surface area (Å²) < 4.78 is 4.70. The van der Waals surface area contributed by atoms with Crippen LogP contribution in [0.3, 0.4) is 0 Å². The molecule has 2 aliphatic heterocycles. The summed E-state index contributed by atoms with van der Waals surface area (Å²) in [7, 11) is 0. The Morgan fingerprint density at radius 3 is 1.37 bits per heavy atom. The normalized spacial score (nSPS) is 13.9. The van der Waals surface area contributed by atoms with Crippen LogP contribution in [0.5, 0.6) is 0 Å². The van der Waals surface area contributed by atoms with E-state index in [1.54, 1.807) is 6.41 Å². The Kier molecular flexibility index (Phi) is 28.7. The Bertz CT molecular complexity index is 3020. The van der Waals surface area contributed by atoms with Crippen LogP contribution in [0.4, 0.5) is 11.4 Å². The number of nitrogen functional groups attached to an aromatic ring is 1. The van der Waals surface area contributed by atoms with Gasteiger partial charge in [0.25, 0.3) is 0 Å². The van der Waals surface area contributed by atoms with Gasteiger partial charge in [0.1, 0.15) is 11.6 Å². The Balaban J connectivity index is 0.000000240. The first-order valence-electron chi connectivity index (χ1n) is 26.8. The molecule has 0 aliphatic carbocycles. The summed E-state index contributed by atoms with van der Waals surface area (Å²) >= 11 is 16.4. The molecule has 0 saturated carbocycles. The number of hydrogen-bond acceptors (Lipinski definition) is 8. The van der Waals surface area contributed by atoms with Crippen molar-refractivity contribution >= 4 is 80.4 Å². The summed E-state index contributed by atoms with van der Waals surface area (Å²) in [4.78, 5) is 36.5. The Hall–Kier alpha value is -3.84. The molecular weight excluding hydrogens is 1190 g/mol. The average molecular weight is 1260 g/mol. The number of benzene rings is 6. The second-order valence-corrected chi connectivity index (χ2v) is 20.4. The standard InChI is InChI=1S/C28H28ClN4O.C27H29ClN4.C6H15N.CClO.2Y/c29-24-11-9-22(10-12-24)28-31-26-7-1-2-8-27(26)33(28)16-4-15-32-17-13-21(14-18-32)23-5-3-6-25(19-23)30-20-34;28-23-11-9-21(10-12-23)27-30-25-7-1-2-8-26(25)32(27)16-4-15-31-17-13-20(14-18-31)22-5-3-6-24(29)19-22;1-4-7(5-2)6-3;2-1-3;;/h1-3,5-12,19,21H,4,13-18H2,(H,30,34);1-3,5-12,19-20H,4,13-18,29H2;4-6H2,1-3H3;;;/q-1;;;-1;;. The van der Waals surface area contributed by atoms with Gasteiger partial charge in [-0.15, -0.1) is 17.8 Å². The second-order valence-electron chi connectivity index (χ2n) is 19.3. The molecule has 1 amide bonds. The zero-order valence-corrected chi connectivity index (χ0v) is 53.3. The number of halogens is 3. The van der Waals surface area contributed by atoms with Crippen LogP contribution in [-0.4, -0.2) is 105 Å². The summed E-state index contributed by atoms with van der Waals surface area (Å²) in [6, 6.07) is 49.2. The Labute approximate surface area is 527 Å². The Morgan fingerprint density at radius 2 is 0.974 bits per heavy atom. The number of piperidine rings is 2. The van der Waals surface area contributed by atoms with E-state index in [0.29, 0.717) is 11.8 Å². The number of nitrogens with one attached hydrogen (secondary N) is 1. The van der Waals surface area contributed by atoms with Crippen molar-refractivity contribution in [3.63, 3.8) is 0 Å². The zero-order chi connectivity index (χ0) is 53.7. The molecule has 406 valence electrons. The maximum Gasteiger partial charge on any atom is 0.141 e. The summed E-state index contributed by atoms with van der Waals surface area (Å²) in [5.74, 6) is 4.16. The smallest absolute Gasteiger partial charge is 0.141 e. The predicted octanol–water partition coefficient (Wildman–Crippen LogP) is 13.9. The third-order valence-electron chi connectivity index (χ3n) is 14.7. The van der Waals surface area contributed by atoms with Crippen molar-refractivity contribution in [3.8, 4) is 22.8 Å². The third-order valence-corrected chi connectivity index (χ3v) is 15.2. The van der Waals surface area contributed by atoms with Gasteiger partial charge in [-0.1, -0.05) is 98.1 Å². The molecule has 0 unspecified atom stereocenters. The molecule has 2 aromatic heterocycles. The molecule has 2 saturated heterocycles. The molecular formula is C62H72Cl3N9O2Y2-2. The quantitative estimate of drug-likeness (QED) is 0.0401. The molecule has 0 bridgehead atoms. The first-order valence-corrected chi connectivity index (χ1v) is 27.9. The molecule has 2 aliphatic rings. The van der Waals surface area contributed by atoms with Crippen LogP contribution in [0.25, 0.3) is 44.8 Å². The zero-order valence-electron chi connectivity index (χ0n) is 45.3. The van der Waals surface area contributed by atoms with Crippen molar-refractivity contribution < 1.29 is 75.0 Å². The fraction of sp³-hybridized carbons (Fsp3) is 0.355. The number of carbonyl (C=O) groups excluding carboxylic acids is 2. The third kappa shape index (κ3) is 18.9. The van der Waals surface area contributed by atoms with E-state index in [2.05, 4.69) is 146 Å². The van der Waals surface area contributed by atoms with Gasteiger partial charge >= 0.3 is 0 Å². The maximum atomic E-state index is 10.6. The molecule has 6 aromatic carbocycles. The van der Waals surface area contributed by atoms with Crippen LogP contribution in [-0.2, 0) is 88.1 Å². The fourth-order valence-electron chi connectivity index (χ4n) is 10.5. The van der Waals surface area contributed by atoms with Crippen LogP contribution in [0.2, 0.25) is 10.0 Å². The van der Waals surface area contributed by atoms with Crippen molar-refractivity contribution in [1.29, 1.82) is 0 Å². The fourth-order valence-corrected chi connectivity index (χ4v) is 10.8. The minimum Gasteiger partial charge on any atom is -0.525 e. The summed E-state index contributed by atoms with van der Waals surface area (Å²) in [5.41, 5.74) is 17.0. The molecule has 78 heavy (non-hydrogen) atoms. The number of para-hydroxylation sites is 4. The van der Waals surface area contributed by atoms with E-state index in [9.17, 15) is 4.79 Å². The number of nitrogens with two attached hydrogens (primary N) is 1. The van der Waals surface area contributed by atoms with E-state index in [-0.39, 0.29) is 65.4 Å². The number of rotatable bonds is 17. The summed E-state index contributed by atoms with van der Waals surface area (Å²) in [6.45, 7) is 18.7. The van der Waals surface area contributed by atoms with E-state index in [1.807, 2.05) is 60.7 Å².